The lowest BCUT2D eigenvalue weighted by Gasteiger charge is -2.38. The second-order valence-electron chi connectivity index (χ2n) is 9.00. The maximum Gasteiger partial charge on any atom is 0.321 e. The molecule has 2 aromatic rings. The fraction of sp³-hybridized carbons (Fsp3) is 0.417. The first-order valence-electron chi connectivity index (χ1n) is 11.4. The van der Waals surface area contributed by atoms with Crippen molar-refractivity contribution in [2.75, 3.05) is 43.0 Å². The molecule has 3 atom stereocenters. The number of nitrogens with one attached hydrogen (secondary N) is 2. The Balaban J connectivity index is 1.93. The first-order chi connectivity index (χ1) is 16.9. The van der Waals surface area contributed by atoms with Crippen molar-refractivity contribution in [1.29, 1.82) is 0 Å². The number of ether oxygens (including phenoxy) is 1. The van der Waals surface area contributed by atoms with Crippen molar-refractivity contribution >= 4 is 33.3 Å². The van der Waals surface area contributed by atoms with Crippen LogP contribution in [0.2, 0.25) is 0 Å². The number of amides is 3. The van der Waals surface area contributed by atoms with E-state index in [0.717, 1.165) is 6.26 Å². The fourth-order valence-electron chi connectivity index (χ4n) is 3.85. The van der Waals surface area contributed by atoms with Crippen molar-refractivity contribution in [1.82, 2.24) is 9.80 Å². The molecule has 0 unspecified atom stereocenters. The minimum Gasteiger partial charge on any atom is -0.485 e. The Morgan fingerprint density at radius 3 is 2.56 bits per heavy atom. The molecule has 0 aromatic heterocycles. The number of likely N-dealkylation sites (N-methyl/N-ethyl adjacent to an activating group) is 1. The molecular weight excluding hydrogens is 491 g/mol. The number of hydrogen-bond acceptors (Lipinski definition) is 6. The number of benzene rings is 2. The second-order valence-corrected chi connectivity index (χ2v) is 10.7. The Morgan fingerprint density at radius 2 is 1.94 bits per heavy atom. The Bertz CT molecular complexity index is 1210. The highest BCUT2D eigenvalue weighted by Crippen LogP contribution is 2.35. The molecule has 1 aliphatic rings. The number of aliphatic hydroxyl groups excluding tert-OH is 1. The van der Waals surface area contributed by atoms with E-state index in [-0.39, 0.29) is 42.6 Å². The van der Waals surface area contributed by atoms with E-state index in [4.69, 9.17) is 4.74 Å². The number of halogens is 1. The molecule has 196 valence electrons. The number of sulfonamides is 1. The summed E-state index contributed by atoms with van der Waals surface area (Å²) in [6.45, 7) is 3.62. The van der Waals surface area contributed by atoms with Crippen molar-refractivity contribution in [2.45, 2.75) is 26.0 Å². The topological polar surface area (TPSA) is 128 Å². The molecule has 0 spiro atoms. The summed E-state index contributed by atoms with van der Waals surface area (Å²) in [5.74, 6) is -1.08. The molecule has 3 N–H and O–H groups in total. The van der Waals surface area contributed by atoms with Crippen molar-refractivity contribution < 1.29 is 32.2 Å². The Labute approximate surface area is 210 Å². The van der Waals surface area contributed by atoms with Crippen LogP contribution in [0, 0.1) is 11.7 Å². The van der Waals surface area contributed by atoms with Crippen LogP contribution in [-0.2, 0) is 10.0 Å². The number of nitrogens with zero attached hydrogens (tertiary/aromatic N) is 2. The van der Waals surface area contributed by atoms with Crippen LogP contribution in [0.15, 0.2) is 42.5 Å². The SMILES string of the molecule is C[C@H](CO)N1C[C@H](C)[C@@H](CN(C)C(=O)Nc2ccc(F)cc2)Oc2c(NS(C)(=O)=O)cccc2C1=O. The number of urea groups is 1. The van der Waals surface area contributed by atoms with E-state index in [0.29, 0.717) is 5.69 Å². The molecule has 1 heterocycles. The summed E-state index contributed by atoms with van der Waals surface area (Å²) in [6.07, 6.45) is 0.349. The molecule has 2 aromatic carbocycles. The lowest BCUT2D eigenvalue weighted by Crippen LogP contribution is -2.50. The van der Waals surface area contributed by atoms with Gasteiger partial charge in [0.05, 0.1) is 36.7 Å². The average Bonchev–Trinajstić information content (AvgIpc) is 2.81. The maximum atomic E-state index is 13.4. The fourth-order valence-corrected chi connectivity index (χ4v) is 4.41. The number of para-hydroxylation sites is 1. The molecule has 0 bridgehead atoms. The van der Waals surface area contributed by atoms with E-state index in [1.54, 1.807) is 14.0 Å². The van der Waals surface area contributed by atoms with Gasteiger partial charge in [-0.3, -0.25) is 9.52 Å². The van der Waals surface area contributed by atoms with Crippen LogP contribution >= 0.6 is 0 Å². The van der Waals surface area contributed by atoms with Gasteiger partial charge < -0.3 is 25.0 Å². The summed E-state index contributed by atoms with van der Waals surface area (Å²) >= 11 is 0. The van der Waals surface area contributed by atoms with Gasteiger partial charge in [-0.05, 0) is 43.3 Å². The minimum atomic E-state index is -3.68. The quantitative estimate of drug-likeness (QED) is 0.513. The molecule has 3 amide bonds. The molecule has 0 saturated heterocycles. The summed E-state index contributed by atoms with van der Waals surface area (Å²) in [5, 5.41) is 12.4. The lowest BCUT2D eigenvalue weighted by atomic mass is 9.99. The number of fused-ring (bicyclic) bond motifs is 1. The maximum absolute atomic E-state index is 13.4. The highest BCUT2D eigenvalue weighted by Gasteiger charge is 2.35. The zero-order chi connectivity index (χ0) is 26.6. The first kappa shape index (κ1) is 27.2. The summed E-state index contributed by atoms with van der Waals surface area (Å²) in [5.41, 5.74) is 0.648. The standard InChI is InChI=1S/C24H31FN4O6S/c1-15-12-29(16(2)14-30)23(31)19-6-5-7-20(27-36(4,33)34)22(19)35-21(15)13-28(3)24(32)26-18-10-8-17(25)9-11-18/h5-11,15-16,21,27,30H,12-14H2,1-4H3,(H,26,32)/t15-,16+,21+/m0/s1. The van der Waals surface area contributed by atoms with Gasteiger partial charge in [-0.25, -0.2) is 17.6 Å². The zero-order valence-corrected chi connectivity index (χ0v) is 21.4. The summed E-state index contributed by atoms with van der Waals surface area (Å²) in [6, 6.07) is 8.94. The average molecular weight is 523 g/mol. The Morgan fingerprint density at radius 1 is 1.28 bits per heavy atom. The van der Waals surface area contributed by atoms with Crippen LogP contribution in [0.25, 0.3) is 0 Å². The normalized spacial score (nSPS) is 18.8. The molecule has 1 aliphatic heterocycles. The van der Waals surface area contributed by atoms with E-state index in [9.17, 15) is 27.5 Å². The molecule has 10 nitrogen and oxygen atoms in total. The van der Waals surface area contributed by atoms with Crippen molar-refractivity contribution in [3.63, 3.8) is 0 Å². The summed E-state index contributed by atoms with van der Waals surface area (Å²) < 4.78 is 45.7. The first-order valence-corrected chi connectivity index (χ1v) is 13.3. The highest BCUT2D eigenvalue weighted by atomic mass is 32.2. The van der Waals surface area contributed by atoms with Gasteiger partial charge in [0.2, 0.25) is 10.0 Å². The summed E-state index contributed by atoms with van der Waals surface area (Å²) in [7, 11) is -2.12. The van der Waals surface area contributed by atoms with Crippen LogP contribution in [-0.4, -0.2) is 80.4 Å². The van der Waals surface area contributed by atoms with Crippen molar-refractivity contribution in [3.8, 4) is 5.75 Å². The van der Waals surface area contributed by atoms with Gasteiger partial charge in [-0.1, -0.05) is 13.0 Å². The third-order valence-corrected chi connectivity index (χ3v) is 6.47. The second kappa shape index (κ2) is 11.1. The number of carbonyl (C=O) groups is 2. The van der Waals surface area contributed by atoms with Crippen molar-refractivity contribution in [3.05, 3.63) is 53.8 Å². The predicted molar refractivity (Wildman–Crippen MR) is 134 cm³/mol. The smallest absolute Gasteiger partial charge is 0.321 e. The predicted octanol–water partition coefficient (Wildman–Crippen LogP) is 2.58. The molecule has 0 saturated carbocycles. The monoisotopic (exact) mass is 522 g/mol. The molecule has 12 heteroatoms. The van der Waals surface area contributed by atoms with E-state index in [1.165, 1.54) is 52.3 Å². The number of anilines is 2. The van der Waals surface area contributed by atoms with Gasteiger partial charge >= 0.3 is 6.03 Å². The Hall–Kier alpha value is -3.38. The third kappa shape index (κ3) is 6.64. The molecule has 0 fully saturated rings. The largest absolute Gasteiger partial charge is 0.485 e. The van der Waals surface area contributed by atoms with Gasteiger partial charge in [-0.15, -0.1) is 0 Å². The minimum absolute atomic E-state index is 0.0481. The van der Waals surface area contributed by atoms with Crippen molar-refractivity contribution in [2.24, 2.45) is 5.92 Å². The third-order valence-electron chi connectivity index (χ3n) is 5.88. The van der Waals surface area contributed by atoms with Crippen LogP contribution in [0.5, 0.6) is 5.75 Å². The molecule has 36 heavy (non-hydrogen) atoms. The van der Waals surface area contributed by atoms with E-state index >= 15 is 0 Å². The number of aliphatic hydroxyl groups is 1. The lowest BCUT2D eigenvalue weighted by molar-refractivity contribution is 0.0373. The van der Waals surface area contributed by atoms with Crippen LogP contribution in [0.1, 0.15) is 24.2 Å². The number of carbonyl (C=O) groups excluding carboxylic acids is 2. The van der Waals surface area contributed by atoms with Gasteiger partial charge in [0.15, 0.2) is 5.75 Å². The van der Waals surface area contributed by atoms with Gasteiger partial charge in [-0.2, -0.15) is 0 Å². The molecular formula is C24H31FN4O6S. The van der Waals surface area contributed by atoms with E-state index in [2.05, 4.69) is 10.0 Å². The van der Waals surface area contributed by atoms with Gasteiger partial charge in [0, 0.05) is 25.2 Å². The highest BCUT2D eigenvalue weighted by molar-refractivity contribution is 7.92. The van der Waals surface area contributed by atoms with E-state index < -0.39 is 39.9 Å². The number of rotatable bonds is 7. The van der Waals surface area contributed by atoms with Gasteiger partial charge in [0.25, 0.3) is 5.91 Å². The van der Waals surface area contributed by atoms with E-state index in [1.807, 2.05) is 6.92 Å². The molecule has 0 radical (unpaired) electrons. The van der Waals surface area contributed by atoms with Crippen LogP contribution in [0.3, 0.4) is 0 Å². The van der Waals surface area contributed by atoms with Crippen LogP contribution < -0.4 is 14.8 Å². The summed E-state index contributed by atoms with van der Waals surface area (Å²) in [4.78, 5) is 29.1. The molecule has 3 rings (SSSR count). The van der Waals surface area contributed by atoms with Crippen LogP contribution in [0.4, 0.5) is 20.6 Å². The zero-order valence-electron chi connectivity index (χ0n) is 20.6. The number of hydrogen-bond donors (Lipinski definition) is 3. The Kier molecular flexibility index (Phi) is 8.41. The molecule has 0 aliphatic carbocycles. The van der Waals surface area contributed by atoms with Gasteiger partial charge in [0.1, 0.15) is 11.9 Å².